The molecule has 19 heavy (non-hydrogen) atoms. The van der Waals surface area contributed by atoms with Gasteiger partial charge in [0.25, 0.3) is 0 Å². The molecule has 1 atom stereocenters. The lowest BCUT2D eigenvalue weighted by Gasteiger charge is -2.13. The molecule has 100 valence electrons. The molecule has 0 saturated heterocycles. The fraction of sp³-hybridized carbons (Fsp3) is 0.429. The highest BCUT2D eigenvalue weighted by Gasteiger charge is 2.12. The normalized spacial score (nSPS) is 12.4. The Balaban J connectivity index is 2.37. The molecule has 0 aliphatic heterocycles. The van der Waals surface area contributed by atoms with Gasteiger partial charge in [-0.25, -0.2) is 19.9 Å². The SMILES string of the molecule is Cc1nc(-c2ccncn2)nc(C)c1CC(C)CN. The maximum atomic E-state index is 5.68. The molecule has 0 radical (unpaired) electrons. The van der Waals surface area contributed by atoms with Crippen molar-refractivity contribution in [2.24, 2.45) is 11.7 Å². The summed E-state index contributed by atoms with van der Waals surface area (Å²) in [6, 6.07) is 1.82. The van der Waals surface area contributed by atoms with Crippen molar-refractivity contribution < 1.29 is 0 Å². The van der Waals surface area contributed by atoms with Gasteiger partial charge in [-0.05, 0) is 44.4 Å². The van der Waals surface area contributed by atoms with Crippen LogP contribution < -0.4 is 5.73 Å². The molecule has 2 N–H and O–H groups in total. The molecular formula is C14H19N5. The Bertz CT molecular complexity index is 530. The maximum Gasteiger partial charge on any atom is 0.178 e. The number of rotatable bonds is 4. The average molecular weight is 257 g/mol. The molecule has 5 heteroatoms. The monoisotopic (exact) mass is 257 g/mol. The molecule has 0 bridgehead atoms. The van der Waals surface area contributed by atoms with Gasteiger partial charge in [-0.15, -0.1) is 0 Å². The number of hydrogen-bond donors (Lipinski definition) is 1. The number of aryl methyl sites for hydroxylation is 2. The minimum absolute atomic E-state index is 0.436. The summed E-state index contributed by atoms with van der Waals surface area (Å²) >= 11 is 0. The Labute approximate surface area is 113 Å². The quantitative estimate of drug-likeness (QED) is 0.901. The average Bonchev–Trinajstić information content (AvgIpc) is 2.43. The minimum atomic E-state index is 0.436. The van der Waals surface area contributed by atoms with Gasteiger partial charge in [0.15, 0.2) is 5.82 Å². The minimum Gasteiger partial charge on any atom is -0.330 e. The van der Waals surface area contributed by atoms with Gasteiger partial charge in [-0.2, -0.15) is 0 Å². The summed E-state index contributed by atoms with van der Waals surface area (Å²) in [5, 5.41) is 0. The third kappa shape index (κ3) is 3.12. The molecule has 2 heterocycles. The van der Waals surface area contributed by atoms with E-state index in [9.17, 15) is 0 Å². The molecule has 0 spiro atoms. The molecule has 0 fully saturated rings. The van der Waals surface area contributed by atoms with Crippen LogP contribution in [0.1, 0.15) is 23.9 Å². The van der Waals surface area contributed by atoms with E-state index >= 15 is 0 Å². The van der Waals surface area contributed by atoms with E-state index in [0.29, 0.717) is 18.3 Å². The molecule has 0 aromatic carbocycles. The van der Waals surface area contributed by atoms with Crippen molar-refractivity contribution in [3.63, 3.8) is 0 Å². The highest BCUT2D eigenvalue weighted by Crippen LogP contribution is 2.19. The fourth-order valence-electron chi connectivity index (χ4n) is 2.00. The zero-order chi connectivity index (χ0) is 13.8. The van der Waals surface area contributed by atoms with Crippen LogP contribution >= 0.6 is 0 Å². The van der Waals surface area contributed by atoms with E-state index in [1.165, 1.54) is 11.9 Å². The Morgan fingerprint density at radius 1 is 1.21 bits per heavy atom. The summed E-state index contributed by atoms with van der Waals surface area (Å²) in [7, 11) is 0. The lowest BCUT2D eigenvalue weighted by molar-refractivity contribution is 0.586. The van der Waals surface area contributed by atoms with Crippen LogP contribution in [0.25, 0.3) is 11.5 Å². The molecule has 0 amide bonds. The number of hydrogen-bond acceptors (Lipinski definition) is 5. The van der Waals surface area contributed by atoms with Crippen molar-refractivity contribution >= 4 is 0 Å². The Morgan fingerprint density at radius 3 is 2.42 bits per heavy atom. The van der Waals surface area contributed by atoms with Crippen LogP contribution in [0.5, 0.6) is 0 Å². The lowest BCUT2D eigenvalue weighted by atomic mass is 9.99. The molecule has 2 aromatic heterocycles. The van der Waals surface area contributed by atoms with E-state index < -0.39 is 0 Å². The topological polar surface area (TPSA) is 77.6 Å². The first-order valence-electron chi connectivity index (χ1n) is 6.42. The van der Waals surface area contributed by atoms with Crippen molar-refractivity contribution in [2.45, 2.75) is 27.2 Å². The van der Waals surface area contributed by atoms with Crippen molar-refractivity contribution in [3.05, 3.63) is 35.5 Å². The standard InChI is InChI=1S/C14H19N5/c1-9(7-15)6-12-10(2)18-14(19-11(12)3)13-4-5-16-8-17-13/h4-5,8-9H,6-7,15H2,1-3H3. The van der Waals surface area contributed by atoms with Gasteiger partial charge < -0.3 is 5.73 Å². The van der Waals surface area contributed by atoms with Crippen LogP contribution in [0.3, 0.4) is 0 Å². The molecule has 5 nitrogen and oxygen atoms in total. The fourth-order valence-corrected chi connectivity index (χ4v) is 2.00. The first-order valence-corrected chi connectivity index (χ1v) is 6.42. The Hall–Kier alpha value is -1.88. The molecule has 0 aliphatic rings. The lowest BCUT2D eigenvalue weighted by Crippen LogP contribution is -2.15. The second-order valence-corrected chi connectivity index (χ2v) is 4.84. The third-order valence-electron chi connectivity index (χ3n) is 3.19. The first kappa shape index (κ1) is 13.5. The summed E-state index contributed by atoms with van der Waals surface area (Å²) in [4.78, 5) is 17.2. The summed E-state index contributed by atoms with van der Waals surface area (Å²) in [5.41, 5.74) is 9.63. The van der Waals surface area contributed by atoms with E-state index in [1.807, 2.05) is 19.9 Å². The highest BCUT2D eigenvalue weighted by molar-refractivity contribution is 5.49. The van der Waals surface area contributed by atoms with Crippen molar-refractivity contribution in [2.75, 3.05) is 6.54 Å². The zero-order valence-electron chi connectivity index (χ0n) is 11.6. The van der Waals surface area contributed by atoms with Gasteiger partial charge in [-0.1, -0.05) is 6.92 Å². The van der Waals surface area contributed by atoms with Crippen molar-refractivity contribution in [1.82, 2.24) is 19.9 Å². The summed E-state index contributed by atoms with van der Waals surface area (Å²) < 4.78 is 0. The first-order chi connectivity index (χ1) is 9.11. The van der Waals surface area contributed by atoms with E-state index in [2.05, 4.69) is 26.9 Å². The summed E-state index contributed by atoms with van der Waals surface area (Å²) in [6.07, 6.45) is 4.12. The predicted molar refractivity (Wildman–Crippen MR) is 74.5 cm³/mol. The Kier molecular flexibility index (Phi) is 4.16. The molecule has 0 aliphatic carbocycles. The molecular weight excluding hydrogens is 238 g/mol. The molecule has 2 aromatic rings. The van der Waals surface area contributed by atoms with Crippen LogP contribution in [0.4, 0.5) is 0 Å². The summed E-state index contributed by atoms with van der Waals surface area (Å²) in [5.74, 6) is 1.09. The van der Waals surface area contributed by atoms with Crippen LogP contribution in [0.15, 0.2) is 18.6 Å². The number of nitrogens with two attached hydrogens (primary N) is 1. The second-order valence-electron chi connectivity index (χ2n) is 4.84. The Morgan fingerprint density at radius 2 is 1.89 bits per heavy atom. The van der Waals surface area contributed by atoms with Crippen LogP contribution in [0, 0.1) is 19.8 Å². The van der Waals surface area contributed by atoms with E-state index in [4.69, 9.17) is 5.73 Å². The molecule has 1 unspecified atom stereocenters. The summed E-state index contributed by atoms with van der Waals surface area (Å²) in [6.45, 7) is 6.83. The van der Waals surface area contributed by atoms with Gasteiger partial charge in [0.1, 0.15) is 12.0 Å². The number of nitrogens with zero attached hydrogens (tertiary/aromatic N) is 4. The maximum absolute atomic E-state index is 5.68. The molecule has 2 rings (SSSR count). The predicted octanol–water partition coefficient (Wildman–Crippen LogP) is 1.69. The van der Waals surface area contributed by atoms with Crippen molar-refractivity contribution in [3.8, 4) is 11.5 Å². The largest absolute Gasteiger partial charge is 0.330 e. The zero-order valence-corrected chi connectivity index (χ0v) is 11.6. The van der Waals surface area contributed by atoms with E-state index in [-0.39, 0.29) is 0 Å². The van der Waals surface area contributed by atoms with Crippen LogP contribution in [-0.2, 0) is 6.42 Å². The number of aromatic nitrogens is 4. The van der Waals surface area contributed by atoms with Gasteiger partial charge in [0.2, 0.25) is 0 Å². The van der Waals surface area contributed by atoms with E-state index in [1.54, 1.807) is 6.20 Å². The second kappa shape index (κ2) is 5.84. The smallest absolute Gasteiger partial charge is 0.178 e. The van der Waals surface area contributed by atoms with Crippen molar-refractivity contribution in [1.29, 1.82) is 0 Å². The third-order valence-corrected chi connectivity index (χ3v) is 3.19. The van der Waals surface area contributed by atoms with Crippen LogP contribution in [0.2, 0.25) is 0 Å². The molecule has 0 saturated carbocycles. The van der Waals surface area contributed by atoms with Gasteiger partial charge in [-0.3, -0.25) is 0 Å². The van der Waals surface area contributed by atoms with Gasteiger partial charge in [0, 0.05) is 17.6 Å². The van der Waals surface area contributed by atoms with Gasteiger partial charge in [0.05, 0.1) is 0 Å². The van der Waals surface area contributed by atoms with Gasteiger partial charge >= 0.3 is 0 Å². The van der Waals surface area contributed by atoms with Crippen LogP contribution in [-0.4, -0.2) is 26.5 Å². The van der Waals surface area contributed by atoms with E-state index in [0.717, 1.165) is 23.5 Å². The highest BCUT2D eigenvalue weighted by atomic mass is 14.9.